The van der Waals surface area contributed by atoms with E-state index in [0.717, 1.165) is 32.4 Å². The molecule has 2 rings (SSSR count). The molecule has 2 atom stereocenters. The first-order valence-electron chi connectivity index (χ1n) is 8.78. The zero-order valence-electron chi connectivity index (χ0n) is 14.0. The number of esters is 1. The van der Waals surface area contributed by atoms with Crippen molar-refractivity contribution in [2.45, 2.75) is 58.4 Å². The van der Waals surface area contributed by atoms with Gasteiger partial charge in [-0.3, -0.25) is 14.5 Å². The molecule has 22 heavy (non-hydrogen) atoms. The lowest BCUT2D eigenvalue weighted by Crippen LogP contribution is -2.47. The molecular formula is C17H30N2O3. The van der Waals surface area contributed by atoms with E-state index in [4.69, 9.17) is 4.74 Å². The summed E-state index contributed by atoms with van der Waals surface area (Å²) in [6.07, 6.45) is 6.43. The van der Waals surface area contributed by atoms with Gasteiger partial charge in [0.2, 0.25) is 5.91 Å². The quantitative estimate of drug-likeness (QED) is 0.789. The topological polar surface area (TPSA) is 58.6 Å². The highest BCUT2D eigenvalue weighted by Crippen LogP contribution is 2.24. The van der Waals surface area contributed by atoms with Crippen LogP contribution in [0.5, 0.6) is 0 Å². The van der Waals surface area contributed by atoms with E-state index in [1.54, 1.807) is 0 Å². The van der Waals surface area contributed by atoms with Gasteiger partial charge in [0.15, 0.2) is 0 Å². The number of piperidine rings is 1. The van der Waals surface area contributed by atoms with Gasteiger partial charge in [0.1, 0.15) is 0 Å². The largest absolute Gasteiger partial charge is 0.466 e. The van der Waals surface area contributed by atoms with E-state index in [-0.39, 0.29) is 17.8 Å². The molecule has 0 aromatic heterocycles. The number of carbonyl (C=O) groups excluding carboxylic acids is 2. The highest BCUT2D eigenvalue weighted by Gasteiger charge is 2.28. The summed E-state index contributed by atoms with van der Waals surface area (Å²) < 4.78 is 5.07. The van der Waals surface area contributed by atoms with E-state index in [1.165, 1.54) is 19.3 Å². The van der Waals surface area contributed by atoms with Gasteiger partial charge < -0.3 is 10.1 Å². The Kier molecular flexibility index (Phi) is 6.68. The predicted octanol–water partition coefficient (Wildman–Crippen LogP) is 1.96. The molecule has 1 saturated heterocycles. The summed E-state index contributed by atoms with van der Waals surface area (Å²) in [6.45, 7) is 6.58. The summed E-state index contributed by atoms with van der Waals surface area (Å²) in [4.78, 5) is 26.1. The third-order valence-electron chi connectivity index (χ3n) is 5.03. The number of amides is 1. The fourth-order valence-electron chi connectivity index (χ4n) is 3.57. The summed E-state index contributed by atoms with van der Waals surface area (Å²) in [5.74, 6) is 0.654. The van der Waals surface area contributed by atoms with E-state index < -0.39 is 0 Å². The number of hydrogen-bond donors (Lipinski definition) is 1. The van der Waals surface area contributed by atoms with Crippen LogP contribution < -0.4 is 5.32 Å². The van der Waals surface area contributed by atoms with E-state index in [9.17, 15) is 9.59 Å². The first-order chi connectivity index (χ1) is 10.6. The number of likely N-dealkylation sites (tertiary alicyclic amines) is 1. The lowest BCUT2D eigenvalue weighted by Gasteiger charge is -2.33. The first-order valence-corrected chi connectivity index (χ1v) is 8.78. The molecule has 1 amide bonds. The maximum absolute atomic E-state index is 12.2. The summed E-state index contributed by atoms with van der Waals surface area (Å²) in [5, 5.41) is 3.20. The van der Waals surface area contributed by atoms with Gasteiger partial charge in [-0.25, -0.2) is 0 Å². The second-order valence-corrected chi connectivity index (χ2v) is 6.74. The molecule has 5 nitrogen and oxygen atoms in total. The van der Waals surface area contributed by atoms with Crippen LogP contribution in [0.25, 0.3) is 0 Å². The minimum Gasteiger partial charge on any atom is -0.466 e. The Balaban J connectivity index is 1.69. The third-order valence-corrected chi connectivity index (χ3v) is 5.03. The van der Waals surface area contributed by atoms with Crippen molar-refractivity contribution in [3.05, 3.63) is 0 Å². The van der Waals surface area contributed by atoms with E-state index >= 15 is 0 Å². The lowest BCUT2D eigenvalue weighted by atomic mass is 9.86. The Morgan fingerprint density at radius 2 is 1.82 bits per heavy atom. The number of rotatable bonds is 5. The molecule has 0 bridgehead atoms. The Morgan fingerprint density at radius 3 is 2.45 bits per heavy atom. The highest BCUT2D eigenvalue weighted by molar-refractivity contribution is 5.78. The minimum absolute atomic E-state index is 0.0117. The molecule has 1 aliphatic carbocycles. The van der Waals surface area contributed by atoms with Crippen LogP contribution in [0.3, 0.4) is 0 Å². The Labute approximate surface area is 133 Å². The first kappa shape index (κ1) is 17.3. The molecular weight excluding hydrogens is 280 g/mol. The number of carbonyl (C=O) groups is 2. The molecule has 2 fully saturated rings. The number of nitrogens with zero attached hydrogens (tertiary/aromatic N) is 1. The monoisotopic (exact) mass is 310 g/mol. The third kappa shape index (κ3) is 4.97. The minimum atomic E-state index is -0.0809. The molecule has 0 radical (unpaired) electrons. The molecule has 1 saturated carbocycles. The summed E-state index contributed by atoms with van der Waals surface area (Å²) in [5.41, 5.74) is 0. The normalized spacial score (nSPS) is 27.4. The maximum Gasteiger partial charge on any atom is 0.309 e. The summed E-state index contributed by atoms with van der Waals surface area (Å²) >= 11 is 0. The molecule has 1 N–H and O–H groups in total. The van der Waals surface area contributed by atoms with Crippen LogP contribution in [-0.4, -0.2) is 49.1 Å². The highest BCUT2D eigenvalue weighted by atomic mass is 16.5. The van der Waals surface area contributed by atoms with Crippen molar-refractivity contribution in [3.63, 3.8) is 0 Å². The standard InChI is InChI=1S/C17H30N2O3/c1-3-22-17(21)14-8-10-19(11-9-14)12-16(20)18-15-7-5-4-6-13(15)2/h13-15H,3-12H2,1-2H3,(H,18,20). The zero-order chi connectivity index (χ0) is 15.9. The summed E-state index contributed by atoms with van der Waals surface area (Å²) in [7, 11) is 0. The van der Waals surface area contributed by atoms with Gasteiger partial charge in [-0.1, -0.05) is 19.8 Å². The number of ether oxygens (including phenoxy) is 1. The maximum atomic E-state index is 12.2. The number of nitrogens with one attached hydrogen (secondary N) is 1. The molecule has 126 valence electrons. The van der Waals surface area contributed by atoms with Crippen molar-refractivity contribution in [1.29, 1.82) is 0 Å². The molecule has 2 aliphatic rings. The second kappa shape index (κ2) is 8.51. The van der Waals surface area contributed by atoms with Gasteiger partial charge in [0, 0.05) is 6.04 Å². The Morgan fingerprint density at radius 1 is 1.14 bits per heavy atom. The predicted molar refractivity (Wildman–Crippen MR) is 85.4 cm³/mol. The van der Waals surface area contributed by atoms with Gasteiger partial charge in [0.25, 0.3) is 0 Å². The zero-order valence-corrected chi connectivity index (χ0v) is 14.0. The van der Waals surface area contributed by atoms with Gasteiger partial charge in [-0.15, -0.1) is 0 Å². The van der Waals surface area contributed by atoms with Crippen molar-refractivity contribution in [1.82, 2.24) is 10.2 Å². The SMILES string of the molecule is CCOC(=O)C1CCN(CC(=O)NC2CCCCC2C)CC1. The van der Waals surface area contributed by atoms with Crippen molar-refractivity contribution < 1.29 is 14.3 Å². The van der Waals surface area contributed by atoms with E-state index in [0.29, 0.717) is 25.1 Å². The van der Waals surface area contributed by atoms with Crippen LogP contribution in [0.15, 0.2) is 0 Å². The van der Waals surface area contributed by atoms with Gasteiger partial charge in [-0.05, 0) is 51.6 Å². The smallest absolute Gasteiger partial charge is 0.309 e. The fraction of sp³-hybridized carbons (Fsp3) is 0.882. The van der Waals surface area contributed by atoms with Crippen molar-refractivity contribution in [3.8, 4) is 0 Å². The molecule has 1 aliphatic heterocycles. The van der Waals surface area contributed by atoms with Crippen LogP contribution in [0.1, 0.15) is 52.4 Å². The van der Waals surface area contributed by atoms with Crippen LogP contribution >= 0.6 is 0 Å². The molecule has 0 spiro atoms. The van der Waals surface area contributed by atoms with Crippen molar-refractivity contribution >= 4 is 11.9 Å². The van der Waals surface area contributed by atoms with E-state index in [1.807, 2.05) is 6.92 Å². The van der Waals surface area contributed by atoms with Crippen molar-refractivity contribution in [2.75, 3.05) is 26.2 Å². The van der Waals surface area contributed by atoms with Crippen LogP contribution in [0.4, 0.5) is 0 Å². The molecule has 0 aromatic rings. The molecule has 1 heterocycles. The van der Waals surface area contributed by atoms with Crippen LogP contribution in [-0.2, 0) is 14.3 Å². The Hall–Kier alpha value is -1.10. The van der Waals surface area contributed by atoms with Crippen LogP contribution in [0.2, 0.25) is 0 Å². The van der Waals surface area contributed by atoms with Crippen LogP contribution in [0, 0.1) is 11.8 Å². The number of hydrogen-bond acceptors (Lipinski definition) is 4. The molecule has 5 heteroatoms. The average Bonchev–Trinajstić information content (AvgIpc) is 2.50. The van der Waals surface area contributed by atoms with Crippen molar-refractivity contribution in [2.24, 2.45) is 11.8 Å². The summed E-state index contributed by atoms with van der Waals surface area (Å²) in [6, 6.07) is 0.346. The van der Waals surface area contributed by atoms with Gasteiger partial charge >= 0.3 is 5.97 Å². The van der Waals surface area contributed by atoms with Gasteiger partial charge in [-0.2, -0.15) is 0 Å². The molecule has 2 unspecified atom stereocenters. The second-order valence-electron chi connectivity index (χ2n) is 6.74. The Bertz CT molecular complexity index is 378. The average molecular weight is 310 g/mol. The molecule has 0 aromatic carbocycles. The van der Waals surface area contributed by atoms with Gasteiger partial charge in [0.05, 0.1) is 19.1 Å². The van der Waals surface area contributed by atoms with E-state index in [2.05, 4.69) is 17.1 Å². The lowest BCUT2D eigenvalue weighted by molar-refractivity contribution is -0.149. The fourth-order valence-corrected chi connectivity index (χ4v) is 3.57.